The van der Waals surface area contributed by atoms with Crippen molar-refractivity contribution in [1.82, 2.24) is 24.1 Å². The molecule has 0 unspecified atom stereocenters. The lowest BCUT2D eigenvalue weighted by atomic mass is 10.1. The van der Waals surface area contributed by atoms with Crippen LogP contribution < -0.4 is 0 Å². The Labute approximate surface area is 162 Å². The van der Waals surface area contributed by atoms with Crippen molar-refractivity contribution in [2.24, 2.45) is 7.05 Å². The Morgan fingerprint density at radius 1 is 1.18 bits per heavy atom. The van der Waals surface area contributed by atoms with Crippen LogP contribution in [0.2, 0.25) is 0 Å². The van der Waals surface area contributed by atoms with Crippen LogP contribution in [0.25, 0.3) is 11.0 Å². The second-order valence-corrected chi connectivity index (χ2v) is 8.73. The highest BCUT2D eigenvalue weighted by molar-refractivity contribution is 7.89. The van der Waals surface area contributed by atoms with E-state index in [4.69, 9.17) is 4.52 Å². The van der Waals surface area contributed by atoms with Crippen LogP contribution in [0.15, 0.2) is 46.1 Å². The fourth-order valence-corrected chi connectivity index (χ4v) is 4.84. The fourth-order valence-electron chi connectivity index (χ4n) is 3.39. The molecule has 9 nitrogen and oxygen atoms in total. The molecular weight excluding hydrogens is 382 g/mol. The number of nitrogens with zero attached hydrogens (tertiary/aromatic N) is 5. The van der Waals surface area contributed by atoms with E-state index >= 15 is 0 Å². The van der Waals surface area contributed by atoms with Crippen molar-refractivity contribution in [3.8, 4) is 0 Å². The van der Waals surface area contributed by atoms with Crippen LogP contribution in [0, 0.1) is 0 Å². The Morgan fingerprint density at radius 3 is 2.79 bits per heavy atom. The van der Waals surface area contributed by atoms with Gasteiger partial charge in [0.2, 0.25) is 15.9 Å². The van der Waals surface area contributed by atoms with E-state index in [2.05, 4.69) is 10.3 Å². The lowest BCUT2D eigenvalue weighted by Crippen LogP contribution is -2.38. The molecule has 0 saturated carbocycles. The number of aromatic nitrogens is 3. The summed E-state index contributed by atoms with van der Waals surface area (Å²) in [5, 5.41) is 8.78. The molecule has 2 aromatic heterocycles. The molecule has 0 N–H and O–H groups in total. The molecule has 0 atom stereocenters. The number of fused-ring (bicyclic) bond motifs is 1. The average molecular weight is 403 g/mol. The minimum atomic E-state index is -3.61. The van der Waals surface area contributed by atoms with Gasteiger partial charge in [-0.3, -0.25) is 9.48 Å². The van der Waals surface area contributed by atoms with E-state index in [1.54, 1.807) is 11.9 Å². The predicted molar refractivity (Wildman–Crippen MR) is 101 cm³/mol. The van der Waals surface area contributed by atoms with E-state index < -0.39 is 10.0 Å². The molecule has 4 rings (SSSR count). The summed E-state index contributed by atoms with van der Waals surface area (Å²) < 4.78 is 33.7. The SMILES string of the molecule is Cn1cc(S(=O)(=O)N2CCCN(C(=O)Cc3noc4ccccc34)CC2)cn1. The van der Waals surface area contributed by atoms with Gasteiger partial charge in [-0.25, -0.2) is 8.42 Å². The first-order chi connectivity index (χ1) is 13.4. The predicted octanol–water partition coefficient (Wildman–Crippen LogP) is 1.03. The second-order valence-electron chi connectivity index (χ2n) is 6.79. The first-order valence-corrected chi connectivity index (χ1v) is 10.5. The first kappa shape index (κ1) is 18.6. The Hall–Kier alpha value is -2.72. The standard InChI is InChI=1S/C18H21N5O4S/c1-21-13-14(12-19-21)28(25,26)23-8-4-7-22(9-10-23)18(24)11-16-15-5-2-3-6-17(15)27-20-16/h2-3,5-6,12-13H,4,7-11H2,1H3. The van der Waals surface area contributed by atoms with E-state index in [1.165, 1.54) is 21.4 Å². The van der Waals surface area contributed by atoms with Crippen LogP contribution in [0.1, 0.15) is 12.1 Å². The van der Waals surface area contributed by atoms with Crippen molar-refractivity contribution >= 4 is 26.9 Å². The first-order valence-electron chi connectivity index (χ1n) is 9.05. The smallest absolute Gasteiger partial charge is 0.246 e. The van der Waals surface area contributed by atoms with Gasteiger partial charge in [-0.15, -0.1) is 0 Å². The maximum atomic E-state index is 12.8. The monoisotopic (exact) mass is 403 g/mol. The van der Waals surface area contributed by atoms with Crippen LogP contribution in [0.4, 0.5) is 0 Å². The van der Waals surface area contributed by atoms with Crippen LogP contribution in [-0.2, 0) is 28.3 Å². The number of sulfonamides is 1. The summed E-state index contributed by atoms with van der Waals surface area (Å²) in [5.41, 5.74) is 1.25. The van der Waals surface area contributed by atoms with E-state index in [1.807, 2.05) is 24.3 Å². The van der Waals surface area contributed by atoms with Gasteiger partial charge in [0.05, 0.1) is 12.6 Å². The third-order valence-corrected chi connectivity index (χ3v) is 6.75. The van der Waals surface area contributed by atoms with Crippen molar-refractivity contribution in [3.05, 3.63) is 42.4 Å². The summed E-state index contributed by atoms with van der Waals surface area (Å²) in [6.07, 6.45) is 3.54. The number of benzene rings is 1. The molecule has 0 radical (unpaired) electrons. The summed E-state index contributed by atoms with van der Waals surface area (Å²) in [6, 6.07) is 7.41. The van der Waals surface area contributed by atoms with Crippen molar-refractivity contribution < 1.29 is 17.7 Å². The molecule has 0 spiro atoms. The molecular formula is C18H21N5O4S. The van der Waals surface area contributed by atoms with Gasteiger partial charge in [0.15, 0.2) is 5.58 Å². The molecule has 3 aromatic rings. The van der Waals surface area contributed by atoms with Crippen molar-refractivity contribution in [2.45, 2.75) is 17.7 Å². The molecule has 1 aliphatic rings. The molecule has 148 valence electrons. The summed E-state index contributed by atoms with van der Waals surface area (Å²) in [7, 11) is -1.93. The number of carbonyl (C=O) groups excluding carboxylic acids is 1. The van der Waals surface area contributed by atoms with E-state index in [9.17, 15) is 13.2 Å². The minimum Gasteiger partial charge on any atom is -0.356 e. The molecule has 28 heavy (non-hydrogen) atoms. The minimum absolute atomic E-state index is 0.0836. The fraction of sp³-hybridized carbons (Fsp3) is 0.389. The maximum absolute atomic E-state index is 12.8. The van der Waals surface area contributed by atoms with Gasteiger partial charge in [0, 0.05) is 44.8 Å². The van der Waals surface area contributed by atoms with Crippen molar-refractivity contribution in [2.75, 3.05) is 26.2 Å². The van der Waals surface area contributed by atoms with Gasteiger partial charge in [-0.1, -0.05) is 17.3 Å². The Balaban J connectivity index is 1.44. The molecule has 1 amide bonds. The summed E-state index contributed by atoms with van der Waals surface area (Å²) >= 11 is 0. The number of hydrogen-bond acceptors (Lipinski definition) is 6. The lowest BCUT2D eigenvalue weighted by Gasteiger charge is -2.21. The lowest BCUT2D eigenvalue weighted by molar-refractivity contribution is -0.130. The average Bonchev–Trinajstić information content (AvgIpc) is 3.20. The van der Waals surface area contributed by atoms with Crippen LogP contribution in [-0.4, -0.2) is 64.6 Å². The van der Waals surface area contributed by atoms with Gasteiger partial charge in [0.25, 0.3) is 0 Å². The Bertz CT molecular complexity index is 1100. The summed E-state index contributed by atoms with van der Waals surface area (Å²) in [4.78, 5) is 14.6. The zero-order chi connectivity index (χ0) is 19.7. The van der Waals surface area contributed by atoms with Gasteiger partial charge in [-0.2, -0.15) is 9.40 Å². The van der Waals surface area contributed by atoms with Gasteiger partial charge < -0.3 is 9.42 Å². The number of carbonyl (C=O) groups is 1. The van der Waals surface area contributed by atoms with Crippen molar-refractivity contribution in [3.63, 3.8) is 0 Å². The molecule has 1 aromatic carbocycles. The van der Waals surface area contributed by atoms with Crippen LogP contribution >= 0.6 is 0 Å². The van der Waals surface area contributed by atoms with Gasteiger partial charge in [0.1, 0.15) is 10.6 Å². The van der Waals surface area contributed by atoms with Crippen molar-refractivity contribution in [1.29, 1.82) is 0 Å². The zero-order valence-electron chi connectivity index (χ0n) is 15.5. The number of hydrogen-bond donors (Lipinski definition) is 0. The maximum Gasteiger partial charge on any atom is 0.246 e. The highest BCUT2D eigenvalue weighted by Gasteiger charge is 2.29. The quantitative estimate of drug-likeness (QED) is 0.645. The molecule has 10 heteroatoms. The normalized spacial score (nSPS) is 16.4. The summed E-state index contributed by atoms with van der Waals surface area (Å²) in [6.45, 7) is 1.47. The van der Waals surface area contributed by atoms with Crippen LogP contribution in [0.3, 0.4) is 0 Å². The third-order valence-electron chi connectivity index (χ3n) is 4.90. The highest BCUT2D eigenvalue weighted by atomic mass is 32.2. The van der Waals surface area contributed by atoms with E-state index in [0.29, 0.717) is 37.3 Å². The number of amides is 1. The number of rotatable bonds is 4. The third kappa shape index (κ3) is 3.52. The second kappa shape index (κ2) is 7.36. The summed E-state index contributed by atoms with van der Waals surface area (Å²) in [5.74, 6) is -0.0836. The topological polar surface area (TPSA) is 102 Å². The molecule has 3 heterocycles. The van der Waals surface area contributed by atoms with Gasteiger partial charge in [-0.05, 0) is 18.6 Å². The largest absolute Gasteiger partial charge is 0.356 e. The Kier molecular flexibility index (Phi) is 4.90. The molecule has 1 aliphatic heterocycles. The van der Waals surface area contributed by atoms with Gasteiger partial charge >= 0.3 is 0 Å². The van der Waals surface area contributed by atoms with Crippen LogP contribution in [0.5, 0.6) is 0 Å². The zero-order valence-corrected chi connectivity index (χ0v) is 16.3. The number of aryl methyl sites for hydroxylation is 1. The van der Waals surface area contributed by atoms with E-state index in [0.717, 1.165) is 5.39 Å². The van der Waals surface area contributed by atoms with E-state index in [-0.39, 0.29) is 23.8 Å². The molecule has 1 saturated heterocycles. The molecule has 0 aliphatic carbocycles. The highest BCUT2D eigenvalue weighted by Crippen LogP contribution is 2.20. The molecule has 1 fully saturated rings. The number of para-hydroxylation sites is 1. The Morgan fingerprint density at radius 2 is 2.00 bits per heavy atom. The molecule has 0 bridgehead atoms.